The molecule has 3 fully saturated rings. The Morgan fingerprint density at radius 2 is 1.61 bits per heavy atom. The monoisotopic (exact) mass is 402 g/mol. The summed E-state index contributed by atoms with van der Waals surface area (Å²) in [6, 6.07) is 0.463. The van der Waals surface area contributed by atoms with Gasteiger partial charge in [0.2, 0.25) is 0 Å². The van der Waals surface area contributed by atoms with Crippen LogP contribution in [-0.4, -0.2) is 71.4 Å². The van der Waals surface area contributed by atoms with Crippen molar-refractivity contribution in [3.05, 3.63) is 11.6 Å². The van der Waals surface area contributed by atoms with Crippen molar-refractivity contribution < 1.29 is 22.6 Å². The van der Waals surface area contributed by atoms with Crippen LogP contribution in [0.25, 0.3) is 0 Å². The van der Waals surface area contributed by atoms with E-state index in [2.05, 4.69) is 15.0 Å². The van der Waals surface area contributed by atoms with E-state index >= 15 is 0 Å². The molecule has 1 aromatic heterocycles. The molecule has 0 amide bonds. The fourth-order valence-corrected chi connectivity index (χ4v) is 4.69. The molecule has 0 radical (unpaired) electrons. The number of nitrogens with zero attached hydrogens (tertiary/aromatic N) is 4. The van der Waals surface area contributed by atoms with E-state index in [-0.39, 0.29) is 11.8 Å². The summed E-state index contributed by atoms with van der Waals surface area (Å²) in [5.41, 5.74) is 0. The summed E-state index contributed by atoms with van der Waals surface area (Å²) >= 11 is 0. The molecule has 0 bridgehead atoms. The van der Waals surface area contributed by atoms with E-state index in [1.54, 1.807) is 0 Å². The maximum Gasteiger partial charge on any atom is 0.408 e. The Morgan fingerprint density at radius 1 is 0.929 bits per heavy atom. The fourth-order valence-electron chi connectivity index (χ4n) is 4.69. The quantitative estimate of drug-likeness (QED) is 0.775. The van der Waals surface area contributed by atoms with Crippen LogP contribution in [0, 0.1) is 0 Å². The first kappa shape index (κ1) is 20.1. The Balaban J connectivity index is 1.54. The van der Waals surface area contributed by atoms with Crippen LogP contribution >= 0.6 is 0 Å². The normalized spacial score (nSPS) is 26.6. The highest BCUT2D eigenvalue weighted by atomic mass is 19.4. The SMILES string of the molecule is FC(F)(F)Cn1nc(C2CCOCC2)nc1C1CCCN(C2CCOCC2)C1. The predicted molar refractivity (Wildman–Crippen MR) is 96.3 cm³/mol. The Bertz CT molecular complexity index is 640. The molecular formula is C19H29F3N4O2. The molecule has 1 atom stereocenters. The van der Waals surface area contributed by atoms with Crippen molar-refractivity contribution in [3.8, 4) is 0 Å². The molecule has 0 saturated carbocycles. The summed E-state index contributed by atoms with van der Waals surface area (Å²) in [5.74, 6) is 1.17. The third kappa shape index (κ3) is 4.86. The highest BCUT2D eigenvalue weighted by molar-refractivity contribution is 5.07. The zero-order valence-electron chi connectivity index (χ0n) is 16.2. The van der Waals surface area contributed by atoms with Crippen molar-refractivity contribution in [3.63, 3.8) is 0 Å². The second-order valence-corrected chi connectivity index (χ2v) is 8.17. The summed E-state index contributed by atoms with van der Waals surface area (Å²) in [6.45, 7) is 3.47. The third-order valence-corrected chi connectivity index (χ3v) is 6.16. The summed E-state index contributed by atoms with van der Waals surface area (Å²) in [5, 5.41) is 4.32. The van der Waals surface area contributed by atoms with Crippen LogP contribution in [0.3, 0.4) is 0 Å². The molecule has 0 N–H and O–H groups in total. The standard InChI is InChI=1S/C19H29F3N4O2/c20-19(21,22)13-26-18(23-17(24-26)14-3-8-27-9-4-14)15-2-1-7-25(12-15)16-5-10-28-11-6-16/h14-16H,1-13H2. The van der Waals surface area contributed by atoms with Crippen LogP contribution in [0.15, 0.2) is 0 Å². The van der Waals surface area contributed by atoms with E-state index in [0.717, 1.165) is 69.5 Å². The molecule has 4 rings (SSSR count). The lowest BCUT2D eigenvalue weighted by Gasteiger charge is -2.39. The summed E-state index contributed by atoms with van der Waals surface area (Å²) in [7, 11) is 0. The van der Waals surface area contributed by atoms with Crippen molar-refractivity contribution in [2.24, 2.45) is 0 Å². The number of likely N-dealkylation sites (tertiary alicyclic amines) is 1. The van der Waals surface area contributed by atoms with Gasteiger partial charge in [0.05, 0.1) is 0 Å². The average Bonchev–Trinajstić information content (AvgIpc) is 3.11. The van der Waals surface area contributed by atoms with E-state index in [9.17, 15) is 13.2 Å². The molecule has 0 aliphatic carbocycles. The highest BCUT2D eigenvalue weighted by Crippen LogP contribution is 2.32. The Hall–Kier alpha value is -1.19. The van der Waals surface area contributed by atoms with Crippen molar-refractivity contribution in [2.75, 3.05) is 39.5 Å². The van der Waals surface area contributed by atoms with Crippen LogP contribution in [0.2, 0.25) is 0 Å². The first-order valence-electron chi connectivity index (χ1n) is 10.4. The van der Waals surface area contributed by atoms with Crippen molar-refractivity contribution >= 4 is 0 Å². The zero-order chi connectivity index (χ0) is 19.6. The lowest BCUT2D eigenvalue weighted by molar-refractivity contribution is -0.143. The summed E-state index contributed by atoms with van der Waals surface area (Å²) < 4.78 is 51.5. The molecule has 158 valence electrons. The van der Waals surface area contributed by atoms with E-state index in [4.69, 9.17) is 9.47 Å². The van der Waals surface area contributed by atoms with Crippen LogP contribution in [0.1, 0.15) is 62.0 Å². The minimum atomic E-state index is -4.30. The van der Waals surface area contributed by atoms with Gasteiger partial charge < -0.3 is 9.47 Å². The van der Waals surface area contributed by atoms with Crippen LogP contribution < -0.4 is 0 Å². The Kier molecular flexibility index (Phi) is 6.22. The zero-order valence-corrected chi connectivity index (χ0v) is 16.2. The van der Waals surface area contributed by atoms with E-state index in [1.165, 1.54) is 0 Å². The molecular weight excluding hydrogens is 373 g/mol. The number of piperidine rings is 1. The van der Waals surface area contributed by atoms with Crippen molar-refractivity contribution in [2.45, 2.75) is 69.1 Å². The van der Waals surface area contributed by atoms with E-state index < -0.39 is 12.7 Å². The number of halogens is 3. The molecule has 1 aromatic rings. The Morgan fingerprint density at radius 3 is 2.29 bits per heavy atom. The molecule has 28 heavy (non-hydrogen) atoms. The van der Waals surface area contributed by atoms with Gasteiger partial charge in [-0.2, -0.15) is 18.3 Å². The van der Waals surface area contributed by atoms with Crippen LogP contribution in [0.4, 0.5) is 13.2 Å². The van der Waals surface area contributed by atoms with Crippen LogP contribution in [0.5, 0.6) is 0 Å². The van der Waals surface area contributed by atoms with E-state index in [1.807, 2.05) is 0 Å². The van der Waals surface area contributed by atoms with E-state index in [0.29, 0.717) is 30.9 Å². The lowest BCUT2D eigenvalue weighted by Crippen LogP contribution is -2.45. The number of alkyl halides is 3. The average molecular weight is 402 g/mol. The van der Waals surface area contributed by atoms with Gasteiger partial charge in [-0.15, -0.1) is 0 Å². The minimum Gasteiger partial charge on any atom is -0.381 e. The second kappa shape index (κ2) is 8.67. The third-order valence-electron chi connectivity index (χ3n) is 6.16. The van der Waals surface area contributed by atoms with Crippen LogP contribution in [-0.2, 0) is 16.0 Å². The minimum absolute atomic E-state index is 0.0000328. The summed E-state index contributed by atoms with van der Waals surface area (Å²) in [4.78, 5) is 7.09. The molecule has 4 heterocycles. The highest BCUT2D eigenvalue weighted by Gasteiger charge is 2.35. The number of rotatable bonds is 4. The predicted octanol–water partition coefficient (Wildman–Crippen LogP) is 3.09. The van der Waals surface area contributed by atoms with Crippen molar-refractivity contribution in [1.82, 2.24) is 19.7 Å². The first-order chi connectivity index (χ1) is 13.5. The molecule has 0 spiro atoms. The first-order valence-corrected chi connectivity index (χ1v) is 10.4. The van der Waals surface area contributed by atoms with Gasteiger partial charge in [0.25, 0.3) is 0 Å². The molecule has 0 aromatic carbocycles. The largest absolute Gasteiger partial charge is 0.408 e. The maximum atomic E-state index is 13.2. The molecule has 1 unspecified atom stereocenters. The Labute approximate surface area is 163 Å². The van der Waals surface area contributed by atoms with Gasteiger partial charge in [-0.1, -0.05) is 0 Å². The fraction of sp³-hybridized carbons (Fsp3) is 0.895. The van der Waals surface area contributed by atoms with Gasteiger partial charge in [0.1, 0.15) is 12.4 Å². The number of ether oxygens (including phenoxy) is 2. The maximum absolute atomic E-state index is 13.2. The smallest absolute Gasteiger partial charge is 0.381 e. The molecule has 3 aliphatic heterocycles. The number of hydrogen-bond acceptors (Lipinski definition) is 5. The number of aromatic nitrogens is 3. The second-order valence-electron chi connectivity index (χ2n) is 8.17. The molecule has 9 heteroatoms. The van der Waals surface area contributed by atoms with Gasteiger partial charge >= 0.3 is 6.18 Å². The number of hydrogen-bond donors (Lipinski definition) is 0. The molecule has 6 nitrogen and oxygen atoms in total. The molecule has 3 aliphatic rings. The summed E-state index contributed by atoms with van der Waals surface area (Å²) in [6.07, 6.45) is 1.08. The topological polar surface area (TPSA) is 52.4 Å². The van der Waals surface area contributed by atoms with Gasteiger partial charge in [0, 0.05) is 50.8 Å². The lowest BCUT2D eigenvalue weighted by atomic mass is 9.94. The van der Waals surface area contributed by atoms with Gasteiger partial charge in [-0.3, -0.25) is 4.90 Å². The molecule has 3 saturated heterocycles. The van der Waals surface area contributed by atoms with Gasteiger partial charge in [-0.05, 0) is 45.1 Å². The van der Waals surface area contributed by atoms with Gasteiger partial charge in [-0.25, -0.2) is 9.67 Å². The van der Waals surface area contributed by atoms with Gasteiger partial charge in [0.15, 0.2) is 5.82 Å². The van der Waals surface area contributed by atoms with Crippen molar-refractivity contribution in [1.29, 1.82) is 0 Å².